The second-order valence-electron chi connectivity index (χ2n) is 7.46. The zero-order valence-corrected chi connectivity index (χ0v) is 13.2. The number of likely N-dealkylation sites (tertiary alicyclic amines) is 1. The van der Waals surface area contributed by atoms with Crippen LogP contribution in [0.1, 0.15) is 50.0 Å². The molecule has 1 aromatic carbocycles. The zero-order valence-electron chi connectivity index (χ0n) is 13.2. The quantitative estimate of drug-likeness (QED) is 0.790. The number of aryl methyl sites for hydroxylation is 1. The Morgan fingerprint density at radius 2 is 1.90 bits per heavy atom. The second-order valence-corrected chi connectivity index (χ2v) is 7.46. The first-order valence-corrected chi connectivity index (χ1v) is 7.44. The number of fused-ring (bicyclic) bond motifs is 1. The summed E-state index contributed by atoms with van der Waals surface area (Å²) in [7, 11) is 0. The molecule has 20 heavy (non-hydrogen) atoms. The SMILES string of the molecule is Cc1ccc2c(c1C)OC1(CC2O)CN(C(C)(C)C)C1. The fourth-order valence-corrected chi connectivity index (χ4v) is 3.25. The van der Waals surface area contributed by atoms with Crippen LogP contribution < -0.4 is 4.74 Å². The number of aliphatic hydroxyl groups excluding tert-OH is 1. The van der Waals surface area contributed by atoms with Gasteiger partial charge in [-0.2, -0.15) is 0 Å². The summed E-state index contributed by atoms with van der Waals surface area (Å²) in [6, 6.07) is 4.08. The van der Waals surface area contributed by atoms with E-state index in [0.717, 1.165) is 30.0 Å². The summed E-state index contributed by atoms with van der Waals surface area (Å²) in [5, 5.41) is 10.5. The summed E-state index contributed by atoms with van der Waals surface area (Å²) < 4.78 is 6.36. The largest absolute Gasteiger partial charge is 0.484 e. The van der Waals surface area contributed by atoms with Crippen LogP contribution in [0.5, 0.6) is 5.75 Å². The molecule has 1 atom stereocenters. The number of aliphatic hydroxyl groups is 1. The molecule has 3 nitrogen and oxygen atoms in total. The van der Waals surface area contributed by atoms with Gasteiger partial charge in [0.25, 0.3) is 0 Å². The molecule has 2 heterocycles. The third-order valence-electron chi connectivity index (χ3n) is 4.86. The number of benzene rings is 1. The maximum Gasteiger partial charge on any atom is 0.137 e. The van der Waals surface area contributed by atoms with E-state index in [0.29, 0.717) is 6.42 Å². The number of ether oxygens (including phenoxy) is 1. The molecule has 2 aliphatic rings. The Hall–Kier alpha value is -1.06. The van der Waals surface area contributed by atoms with Crippen LogP contribution in [0.2, 0.25) is 0 Å². The van der Waals surface area contributed by atoms with Gasteiger partial charge < -0.3 is 9.84 Å². The van der Waals surface area contributed by atoms with Gasteiger partial charge in [-0.05, 0) is 45.7 Å². The predicted molar refractivity (Wildman–Crippen MR) is 80.2 cm³/mol. The molecule has 1 aromatic rings. The zero-order chi connectivity index (χ0) is 14.7. The lowest BCUT2D eigenvalue weighted by Gasteiger charge is -2.57. The molecule has 0 amide bonds. The molecular weight excluding hydrogens is 250 g/mol. The second kappa shape index (κ2) is 4.22. The van der Waals surface area contributed by atoms with Gasteiger partial charge in [0.1, 0.15) is 11.4 Å². The number of hydrogen-bond acceptors (Lipinski definition) is 3. The van der Waals surface area contributed by atoms with E-state index < -0.39 is 6.10 Å². The van der Waals surface area contributed by atoms with Gasteiger partial charge >= 0.3 is 0 Å². The third kappa shape index (κ3) is 2.04. The molecule has 0 saturated carbocycles. The van der Waals surface area contributed by atoms with Crippen LogP contribution >= 0.6 is 0 Å². The van der Waals surface area contributed by atoms with Crippen molar-refractivity contribution in [1.29, 1.82) is 0 Å². The van der Waals surface area contributed by atoms with E-state index in [9.17, 15) is 5.11 Å². The van der Waals surface area contributed by atoms with Gasteiger partial charge in [0.15, 0.2) is 0 Å². The van der Waals surface area contributed by atoms with Gasteiger partial charge in [0, 0.05) is 30.6 Å². The standard InChI is InChI=1S/C17H25NO2/c1-11-6-7-13-14(19)8-17(20-15(13)12(11)2)9-18(10-17)16(3,4)5/h6-7,14,19H,8-10H2,1-5H3. The maximum absolute atomic E-state index is 10.5. The molecule has 0 radical (unpaired) electrons. The van der Waals surface area contributed by atoms with Crippen LogP contribution in [-0.2, 0) is 0 Å². The molecule has 3 heteroatoms. The maximum atomic E-state index is 10.5. The van der Waals surface area contributed by atoms with E-state index in [1.807, 2.05) is 6.07 Å². The van der Waals surface area contributed by atoms with E-state index in [2.05, 4.69) is 45.6 Å². The Labute approximate surface area is 121 Å². The molecule has 0 aromatic heterocycles. The molecule has 3 rings (SSSR count). The van der Waals surface area contributed by atoms with Crippen molar-refractivity contribution < 1.29 is 9.84 Å². The lowest BCUT2D eigenvalue weighted by atomic mass is 9.79. The highest BCUT2D eigenvalue weighted by Crippen LogP contribution is 2.47. The van der Waals surface area contributed by atoms with Crippen LogP contribution in [0.15, 0.2) is 12.1 Å². The van der Waals surface area contributed by atoms with E-state index in [1.165, 1.54) is 5.56 Å². The fraction of sp³-hybridized carbons (Fsp3) is 0.647. The topological polar surface area (TPSA) is 32.7 Å². The molecule has 110 valence electrons. The first-order valence-electron chi connectivity index (χ1n) is 7.44. The Morgan fingerprint density at radius 1 is 1.25 bits per heavy atom. The monoisotopic (exact) mass is 275 g/mol. The molecule has 0 bridgehead atoms. The first kappa shape index (κ1) is 13.9. The van der Waals surface area contributed by atoms with Crippen molar-refractivity contribution in [3.05, 3.63) is 28.8 Å². The van der Waals surface area contributed by atoms with E-state index >= 15 is 0 Å². The van der Waals surface area contributed by atoms with Crippen LogP contribution in [0.3, 0.4) is 0 Å². The number of hydrogen-bond donors (Lipinski definition) is 1. The van der Waals surface area contributed by atoms with Crippen molar-refractivity contribution in [2.45, 2.75) is 58.3 Å². The molecule has 1 fully saturated rings. The highest BCUT2D eigenvalue weighted by atomic mass is 16.5. The fourth-order valence-electron chi connectivity index (χ4n) is 3.25. The van der Waals surface area contributed by atoms with Gasteiger partial charge in [0.05, 0.1) is 6.10 Å². The third-order valence-corrected chi connectivity index (χ3v) is 4.86. The number of rotatable bonds is 0. The average Bonchev–Trinajstić information content (AvgIpc) is 2.29. The lowest BCUT2D eigenvalue weighted by molar-refractivity contribution is -0.144. The molecule has 1 spiro atoms. The van der Waals surface area contributed by atoms with Crippen molar-refractivity contribution >= 4 is 0 Å². The highest BCUT2D eigenvalue weighted by molar-refractivity contribution is 5.48. The van der Waals surface area contributed by atoms with E-state index in [4.69, 9.17) is 4.74 Å². The highest BCUT2D eigenvalue weighted by Gasteiger charge is 2.52. The molecule has 1 N–H and O–H groups in total. The van der Waals surface area contributed by atoms with Crippen molar-refractivity contribution in [3.63, 3.8) is 0 Å². The molecule has 1 unspecified atom stereocenters. The smallest absolute Gasteiger partial charge is 0.137 e. The minimum Gasteiger partial charge on any atom is -0.484 e. The Kier molecular flexibility index (Phi) is 2.93. The van der Waals surface area contributed by atoms with Crippen molar-refractivity contribution in [2.24, 2.45) is 0 Å². The normalized spacial score (nSPS) is 25.0. The summed E-state index contributed by atoms with van der Waals surface area (Å²) in [5.41, 5.74) is 3.31. The molecule has 2 aliphatic heterocycles. The Balaban J connectivity index is 1.89. The first-order chi connectivity index (χ1) is 9.22. The summed E-state index contributed by atoms with van der Waals surface area (Å²) in [5.74, 6) is 0.914. The lowest BCUT2D eigenvalue weighted by Crippen LogP contribution is -2.70. The summed E-state index contributed by atoms with van der Waals surface area (Å²) in [6.45, 7) is 12.7. The van der Waals surface area contributed by atoms with Crippen LogP contribution in [0.4, 0.5) is 0 Å². The molecule has 0 aliphatic carbocycles. The van der Waals surface area contributed by atoms with Crippen molar-refractivity contribution in [2.75, 3.05) is 13.1 Å². The summed E-state index contributed by atoms with van der Waals surface area (Å²) in [6.07, 6.45) is 0.301. The van der Waals surface area contributed by atoms with E-state index in [-0.39, 0.29) is 11.1 Å². The minimum absolute atomic E-state index is 0.168. The summed E-state index contributed by atoms with van der Waals surface area (Å²) >= 11 is 0. The summed E-state index contributed by atoms with van der Waals surface area (Å²) in [4.78, 5) is 2.41. The van der Waals surface area contributed by atoms with Crippen molar-refractivity contribution in [1.82, 2.24) is 4.90 Å². The van der Waals surface area contributed by atoms with E-state index in [1.54, 1.807) is 0 Å². The van der Waals surface area contributed by atoms with Crippen LogP contribution in [0.25, 0.3) is 0 Å². The van der Waals surface area contributed by atoms with Gasteiger partial charge in [0.2, 0.25) is 0 Å². The van der Waals surface area contributed by atoms with Gasteiger partial charge in [-0.3, -0.25) is 4.90 Å². The van der Waals surface area contributed by atoms with Crippen LogP contribution in [-0.4, -0.2) is 34.2 Å². The minimum atomic E-state index is -0.403. The van der Waals surface area contributed by atoms with Crippen molar-refractivity contribution in [3.8, 4) is 5.75 Å². The van der Waals surface area contributed by atoms with Gasteiger partial charge in [-0.25, -0.2) is 0 Å². The van der Waals surface area contributed by atoms with Gasteiger partial charge in [-0.1, -0.05) is 12.1 Å². The molecular formula is C17H25NO2. The van der Waals surface area contributed by atoms with Gasteiger partial charge in [-0.15, -0.1) is 0 Å². The average molecular weight is 275 g/mol. The van der Waals surface area contributed by atoms with Crippen LogP contribution in [0, 0.1) is 13.8 Å². The number of nitrogens with zero attached hydrogens (tertiary/aromatic N) is 1. The predicted octanol–water partition coefficient (Wildman–Crippen LogP) is 2.97. The Morgan fingerprint density at radius 3 is 2.50 bits per heavy atom. The molecule has 1 saturated heterocycles. The Bertz CT molecular complexity index is 539.